The zero-order chi connectivity index (χ0) is 39.8. The SMILES string of the molecule is CCOC(=O)C[C@@H](C)NCc1cnc(C(=O)Nc2cccc(-c3cccc(NC(=O)c4cc(C5CC5)c(CN[C@H](C=O)CC=O)cn4)c3C)c2C)cc1C1CC1. The number of esters is 1. The zero-order valence-corrected chi connectivity index (χ0v) is 32.4. The van der Waals surface area contributed by atoms with Crippen molar-refractivity contribution >= 4 is 41.7 Å². The summed E-state index contributed by atoms with van der Waals surface area (Å²) in [7, 11) is 0. The highest BCUT2D eigenvalue weighted by Crippen LogP contribution is 2.43. The average molecular weight is 759 g/mol. The standard InChI is InChI=1S/C44H50N6O6/c1-5-56-42(53)18-26(2)45-21-31-23-47-40(19-36(31)29-12-13-29)43(54)49-38-10-6-8-34(27(38)3)35-9-7-11-39(28(35)4)50-44(55)41-20-37(30-14-15-30)32(24-48-41)22-46-33(25-52)16-17-51/h6-11,17,19-20,23-26,29-30,33,45-46H,5,12-16,18,21-22H2,1-4H3,(H,49,54)(H,50,55)/t26-,33+/m1/s1. The number of hydrogen-bond acceptors (Lipinski definition) is 10. The summed E-state index contributed by atoms with van der Waals surface area (Å²) in [5, 5.41) is 12.6. The van der Waals surface area contributed by atoms with Gasteiger partial charge in [0.15, 0.2) is 0 Å². The normalized spacial score (nSPS) is 14.7. The fraction of sp³-hybridized carbons (Fsp3) is 0.386. The number of anilines is 2. The van der Waals surface area contributed by atoms with E-state index >= 15 is 0 Å². The molecule has 2 fully saturated rings. The van der Waals surface area contributed by atoms with E-state index < -0.39 is 6.04 Å². The summed E-state index contributed by atoms with van der Waals surface area (Å²) in [6.45, 7) is 8.92. The number of carbonyl (C=O) groups excluding carboxylic acids is 5. The molecule has 2 aliphatic carbocycles. The highest BCUT2D eigenvalue weighted by atomic mass is 16.5. The number of nitrogens with zero attached hydrogens (tertiary/aromatic N) is 2. The van der Waals surface area contributed by atoms with Crippen LogP contribution >= 0.6 is 0 Å². The zero-order valence-electron chi connectivity index (χ0n) is 32.4. The summed E-state index contributed by atoms with van der Waals surface area (Å²) in [4.78, 5) is 70.3. The van der Waals surface area contributed by atoms with E-state index in [1.807, 2.05) is 69.3 Å². The van der Waals surface area contributed by atoms with Crippen LogP contribution < -0.4 is 21.3 Å². The molecule has 0 spiro atoms. The molecular weight excluding hydrogens is 709 g/mol. The molecule has 2 atom stereocenters. The maximum Gasteiger partial charge on any atom is 0.307 e. The first-order chi connectivity index (χ1) is 27.1. The molecule has 2 aliphatic rings. The quantitative estimate of drug-likeness (QED) is 0.0597. The Morgan fingerprint density at radius 3 is 1.73 bits per heavy atom. The van der Waals surface area contributed by atoms with Crippen molar-refractivity contribution in [3.8, 4) is 11.1 Å². The third-order valence-electron chi connectivity index (χ3n) is 10.5. The van der Waals surface area contributed by atoms with Gasteiger partial charge in [0.1, 0.15) is 24.0 Å². The predicted molar refractivity (Wildman–Crippen MR) is 215 cm³/mol. The molecule has 0 aliphatic heterocycles. The van der Waals surface area contributed by atoms with Crippen LogP contribution in [0.1, 0.15) is 119 Å². The number of aldehydes is 2. The maximum atomic E-state index is 13.6. The first-order valence-corrected chi connectivity index (χ1v) is 19.4. The van der Waals surface area contributed by atoms with E-state index in [1.54, 1.807) is 19.3 Å². The molecule has 6 rings (SSSR count). The van der Waals surface area contributed by atoms with Gasteiger partial charge in [-0.2, -0.15) is 0 Å². The Hall–Kier alpha value is -5.59. The van der Waals surface area contributed by atoms with Gasteiger partial charge in [0.2, 0.25) is 0 Å². The monoisotopic (exact) mass is 758 g/mol. The van der Waals surface area contributed by atoms with Crippen LogP contribution in [0.4, 0.5) is 11.4 Å². The third-order valence-corrected chi connectivity index (χ3v) is 10.5. The third kappa shape index (κ3) is 9.98. The molecule has 2 amide bonds. The molecule has 12 heteroatoms. The van der Waals surface area contributed by atoms with Gasteiger partial charge in [0.05, 0.1) is 19.1 Å². The molecule has 56 heavy (non-hydrogen) atoms. The minimum atomic E-state index is -0.567. The molecule has 12 nitrogen and oxygen atoms in total. The van der Waals surface area contributed by atoms with Crippen LogP contribution in [-0.4, -0.2) is 59.0 Å². The van der Waals surface area contributed by atoms with Crippen LogP contribution in [0.2, 0.25) is 0 Å². The number of amides is 2. The lowest BCUT2D eigenvalue weighted by Crippen LogP contribution is -2.30. The van der Waals surface area contributed by atoms with Gasteiger partial charge in [-0.3, -0.25) is 24.4 Å². The van der Waals surface area contributed by atoms with Crippen molar-refractivity contribution in [1.29, 1.82) is 0 Å². The second-order valence-corrected chi connectivity index (χ2v) is 14.8. The Bertz CT molecular complexity index is 2110. The van der Waals surface area contributed by atoms with Crippen molar-refractivity contribution in [2.75, 3.05) is 17.2 Å². The van der Waals surface area contributed by atoms with Crippen molar-refractivity contribution in [2.24, 2.45) is 0 Å². The summed E-state index contributed by atoms with van der Waals surface area (Å²) >= 11 is 0. The van der Waals surface area contributed by atoms with Crippen molar-refractivity contribution in [3.63, 3.8) is 0 Å². The number of hydrogen-bond donors (Lipinski definition) is 4. The van der Waals surface area contributed by atoms with Crippen LogP contribution in [0.5, 0.6) is 0 Å². The molecule has 2 aromatic heterocycles. The van der Waals surface area contributed by atoms with Crippen LogP contribution in [0.15, 0.2) is 60.9 Å². The Kier molecular flexibility index (Phi) is 13.1. The summed E-state index contributed by atoms with van der Waals surface area (Å²) < 4.78 is 5.07. The molecule has 0 saturated heterocycles. The highest BCUT2D eigenvalue weighted by Gasteiger charge is 2.29. The van der Waals surface area contributed by atoms with Gasteiger partial charge in [0.25, 0.3) is 11.8 Å². The average Bonchev–Trinajstić information content (AvgIpc) is 4.12. The van der Waals surface area contributed by atoms with Gasteiger partial charge in [0, 0.05) is 49.3 Å². The Labute approximate surface area is 327 Å². The Balaban J connectivity index is 1.14. The van der Waals surface area contributed by atoms with Gasteiger partial charge >= 0.3 is 5.97 Å². The second kappa shape index (κ2) is 18.4. The minimum Gasteiger partial charge on any atom is -0.466 e. The number of rotatable bonds is 19. The van der Waals surface area contributed by atoms with Crippen LogP contribution in [-0.2, 0) is 32.2 Å². The van der Waals surface area contributed by atoms with Crippen molar-refractivity contribution in [2.45, 2.75) is 103 Å². The fourth-order valence-corrected chi connectivity index (χ4v) is 6.95. The molecule has 292 valence electrons. The van der Waals surface area contributed by atoms with Gasteiger partial charge in [-0.15, -0.1) is 0 Å². The lowest BCUT2D eigenvalue weighted by molar-refractivity contribution is -0.143. The Morgan fingerprint density at radius 2 is 1.29 bits per heavy atom. The molecular formula is C44H50N6O6. The van der Waals surface area contributed by atoms with Crippen molar-refractivity contribution in [1.82, 2.24) is 20.6 Å². The second-order valence-electron chi connectivity index (χ2n) is 14.8. The molecule has 2 saturated carbocycles. The van der Waals surface area contributed by atoms with Crippen molar-refractivity contribution < 1.29 is 28.7 Å². The van der Waals surface area contributed by atoms with Crippen LogP contribution in [0.25, 0.3) is 11.1 Å². The van der Waals surface area contributed by atoms with E-state index in [2.05, 4.69) is 31.2 Å². The summed E-state index contributed by atoms with van der Waals surface area (Å²) in [5.41, 5.74) is 9.55. The van der Waals surface area contributed by atoms with Crippen LogP contribution in [0, 0.1) is 13.8 Å². The van der Waals surface area contributed by atoms with E-state index in [-0.39, 0.29) is 36.7 Å². The molecule has 0 radical (unpaired) electrons. The lowest BCUT2D eigenvalue weighted by Gasteiger charge is -2.18. The molecule has 4 aromatic rings. The van der Waals surface area contributed by atoms with Gasteiger partial charge in [-0.25, -0.2) is 0 Å². The minimum absolute atomic E-state index is 0.0657. The number of pyridine rings is 2. The smallest absolute Gasteiger partial charge is 0.307 e. The number of nitrogens with one attached hydrogen (secondary N) is 4. The van der Waals surface area contributed by atoms with Gasteiger partial charge < -0.3 is 35.6 Å². The molecule has 4 N–H and O–H groups in total. The number of carbonyl (C=O) groups is 5. The van der Waals surface area contributed by atoms with Crippen LogP contribution in [0.3, 0.4) is 0 Å². The number of benzene rings is 2. The summed E-state index contributed by atoms with van der Waals surface area (Å²) in [6.07, 6.45) is 9.42. The van der Waals surface area contributed by atoms with E-state index in [0.717, 1.165) is 82.8 Å². The lowest BCUT2D eigenvalue weighted by atomic mass is 9.94. The number of aromatic nitrogens is 2. The largest absolute Gasteiger partial charge is 0.466 e. The molecule has 0 bridgehead atoms. The van der Waals surface area contributed by atoms with Gasteiger partial charge in [-0.05, 0) is 134 Å². The first kappa shape index (κ1) is 40.1. The van der Waals surface area contributed by atoms with E-state index in [9.17, 15) is 24.0 Å². The summed E-state index contributed by atoms with van der Waals surface area (Å²) in [6, 6.07) is 14.6. The topological polar surface area (TPSA) is 168 Å². The van der Waals surface area contributed by atoms with E-state index in [1.165, 1.54) is 0 Å². The predicted octanol–water partition coefficient (Wildman–Crippen LogP) is 6.70. The highest BCUT2D eigenvalue weighted by molar-refractivity contribution is 6.05. The maximum absolute atomic E-state index is 13.6. The first-order valence-electron chi connectivity index (χ1n) is 19.4. The fourth-order valence-electron chi connectivity index (χ4n) is 6.95. The summed E-state index contributed by atoms with van der Waals surface area (Å²) in [5.74, 6) is -0.147. The Morgan fingerprint density at radius 1 is 0.786 bits per heavy atom. The molecule has 2 aromatic carbocycles. The van der Waals surface area contributed by atoms with E-state index in [0.29, 0.717) is 54.3 Å². The molecule has 0 unspecified atom stereocenters. The molecule has 2 heterocycles. The van der Waals surface area contributed by atoms with Crippen molar-refractivity contribution in [3.05, 3.63) is 106 Å². The van der Waals surface area contributed by atoms with E-state index in [4.69, 9.17) is 4.74 Å². The number of ether oxygens (including phenoxy) is 1. The van der Waals surface area contributed by atoms with Gasteiger partial charge in [-0.1, -0.05) is 24.3 Å².